The van der Waals surface area contributed by atoms with Crippen LogP contribution in [0.4, 0.5) is 0 Å². The van der Waals surface area contributed by atoms with Gasteiger partial charge < -0.3 is 0 Å². The van der Waals surface area contributed by atoms with E-state index in [0.29, 0.717) is 5.92 Å². The topological polar surface area (TPSA) is 17.1 Å². The summed E-state index contributed by atoms with van der Waals surface area (Å²) >= 11 is 0. The maximum absolute atomic E-state index is 11.3. The molecule has 0 unspecified atom stereocenters. The summed E-state index contributed by atoms with van der Waals surface area (Å²) in [6.07, 6.45) is 2.81. The van der Waals surface area contributed by atoms with Crippen molar-refractivity contribution in [3.63, 3.8) is 0 Å². The van der Waals surface area contributed by atoms with Gasteiger partial charge in [0.1, 0.15) is 0 Å². The van der Waals surface area contributed by atoms with Crippen LogP contribution in [0.1, 0.15) is 41.0 Å². The summed E-state index contributed by atoms with van der Waals surface area (Å²) in [7, 11) is 0. The predicted molar refractivity (Wildman–Crippen MR) is 53.1 cm³/mol. The Morgan fingerprint density at radius 1 is 1.25 bits per heavy atom. The summed E-state index contributed by atoms with van der Waals surface area (Å²) in [6, 6.07) is 0. The lowest BCUT2D eigenvalue weighted by atomic mass is 10.0. The van der Waals surface area contributed by atoms with Gasteiger partial charge in [0.2, 0.25) is 0 Å². The molecule has 0 bridgehead atoms. The number of rotatable bonds is 4. The van der Waals surface area contributed by atoms with Gasteiger partial charge in [0.05, 0.1) is 0 Å². The van der Waals surface area contributed by atoms with Gasteiger partial charge in [0.15, 0.2) is 5.78 Å². The molecule has 12 heavy (non-hydrogen) atoms. The van der Waals surface area contributed by atoms with Gasteiger partial charge in [0, 0.05) is 5.92 Å². The zero-order valence-corrected chi connectivity index (χ0v) is 8.85. The van der Waals surface area contributed by atoms with Crippen molar-refractivity contribution in [1.29, 1.82) is 0 Å². The highest BCUT2D eigenvalue weighted by molar-refractivity contribution is 5.91. The van der Waals surface area contributed by atoms with Crippen LogP contribution in [0.25, 0.3) is 0 Å². The third kappa shape index (κ3) is 5.11. The summed E-state index contributed by atoms with van der Waals surface area (Å²) in [5.74, 6) is 1.02. The predicted octanol–water partition coefficient (Wildman–Crippen LogP) is 3.20. The molecule has 0 amide bonds. The average molecular weight is 168 g/mol. The summed E-state index contributed by atoms with van der Waals surface area (Å²) in [5, 5.41) is 0. The SMILES string of the molecule is CC(=CC(=O)C(C)C)CC(C)C. The smallest absolute Gasteiger partial charge is 0.158 e. The Bertz CT molecular complexity index is 175. The standard InChI is InChI=1S/C11H20O/c1-8(2)6-10(5)7-11(12)9(3)4/h7-9H,6H2,1-5H3. The van der Waals surface area contributed by atoms with Crippen molar-refractivity contribution in [2.24, 2.45) is 11.8 Å². The van der Waals surface area contributed by atoms with Crippen molar-refractivity contribution in [1.82, 2.24) is 0 Å². The first kappa shape index (κ1) is 11.4. The van der Waals surface area contributed by atoms with Gasteiger partial charge >= 0.3 is 0 Å². The third-order valence-electron chi connectivity index (χ3n) is 1.69. The molecule has 0 atom stereocenters. The number of ketones is 1. The van der Waals surface area contributed by atoms with Gasteiger partial charge in [-0.3, -0.25) is 4.79 Å². The van der Waals surface area contributed by atoms with Gasteiger partial charge in [-0.15, -0.1) is 0 Å². The fourth-order valence-electron chi connectivity index (χ4n) is 1.11. The van der Waals surface area contributed by atoms with Crippen LogP contribution in [0.5, 0.6) is 0 Å². The summed E-state index contributed by atoms with van der Waals surface area (Å²) < 4.78 is 0. The van der Waals surface area contributed by atoms with E-state index < -0.39 is 0 Å². The Hall–Kier alpha value is -0.590. The summed E-state index contributed by atoms with van der Waals surface area (Å²) in [6.45, 7) is 10.2. The average Bonchev–Trinajstić information content (AvgIpc) is 1.84. The quantitative estimate of drug-likeness (QED) is 0.589. The maximum Gasteiger partial charge on any atom is 0.158 e. The van der Waals surface area contributed by atoms with Crippen molar-refractivity contribution in [2.45, 2.75) is 41.0 Å². The minimum atomic E-state index is 0.132. The van der Waals surface area contributed by atoms with Gasteiger partial charge in [-0.1, -0.05) is 33.3 Å². The van der Waals surface area contributed by atoms with Crippen LogP contribution in [0, 0.1) is 11.8 Å². The minimum Gasteiger partial charge on any atom is -0.295 e. The number of hydrogen-bond acceptors (Lipinski definition) is 1. The summed E-state index contributed by atoms with van der Waals surface area (Å²) in [5.41, 5.74) is 1.20. The fourth-order valence-corrected chi connectivity index (χ4v) is 1.11. The molecule has 0 saturated heterocycles. The monoisotopic (exact) mass is 168 g/mol. The van der Waals surface area contributed by atoms with Crippen LogP contribution in [0.15, 0.2) is 11.6 Å². The number of hydrogen-bond donors (Lipinski definition) is 0. The maximum atomic E-state index is 11.3. The first-order valence-corrected chi connectivity index (χ1v) is 4.64. The van der Waals surface area contributed by atoms with Crippen LogP contribution in [-0.2, 0) is 4.79 Å². The molecule has 0 spiro atoms. The van der Waals surface area contributed by atoms with Crippen molar-refractivity contribution < 1.29 is 4.79 Å². The van der Waals surface area contributed by atoms with Crippen molar-refractivity contribution in [3.05, 3.63) is 11.6 Å². The summed E-state index contributed by atoms with van der Waals surface area (Å²) in [4.78, 5) is 11.3. The Morgan fingerprint density at radius 3 is 2.08 bits per heavy atom. The van der Waals surface area contributed by atoms with Crippen molar-refractivity contribution in [3.8, 4) is 0 Å². The Balaban J connectivity index is 4.07. The van der Waals surface area contributed by atoms with Gasteiger partial charge in [-0.25, -0.2) is 0 Å². The van der Waals surface area contributed by atoms with E-state index in [1.807, 2.05) is 20.8 Å². The lowest BCUT2D eigenvalue weighted by molar-refractivity contribution is -0.117. The van der Waals surface area contributed by atoms with Gasteiger partial charge in [-0.2, -0.15) is 0 Å². The zero-order valence-electron chi connectivity index (χ0n) is 8.85. The highest BCUT2D eigenvalue weighted by Crippen LogP contribution is 2.10. The van der Waals surface area contributed by atoms with Crippen molar-refractivity contribution >= 4 is 5.78 Å². The molecule has 1 heteroatoms. The molecule has 1 nitrogen and oxygen atoms in total. The zero-order chi connectivity index (χ0) is 9.72. The van der Waals surface area contributed by atoms with Gasteiger partial charge in [-0.05, 0) is 25.3 Å². The largest absolute Gasteiger partial charge is 0.295 e. The molecule has 0 rings (SSSR count). The molecule has 0 aromatic carbocycles. The molecule has 70 valence electrons. The molecule has 0 fully saturated rings. The molecule has 0 aliphatic heterocycles. The molecular weight excluding hydrogens is 148 g/mol. The number of allylic oxidation sites excluding steroid dienone is 2. The number of carbonyl (C=O) groups excluding carboxylic acids is 1. The molecule has 0 saturated carbocycles. The second-order valence-corrected chi connectivity index (χ2v) is 4.15. The van der Waals surface area contributed by atoms with E-state index in [-0.39, 0.29) is 11.7 Å². The molecule has 0 aliphatic carbocycles. The minimum absolute atomic E-state index is 0.132. The van der Waals surface area contributed by atoms with E-state index in [4.69, 9.17) is 0 Å². The van der Waals surface area contributed by atoms with E-state index in [1.165, 1.54) is 5.57 Å². The van der Waals surface area contributed by atoms with E-state index in [1.54, 1.807) is 6.08 Å². The first-order valence-electron chi connectivity index (χ1n) is 4.64. The Labute approximate surface area is 75.9 Å². The normalized spacial score (nSPS) is 12.8. The van der Waals surface area contributed by atoms with Crippen LogP contribution in [0.3, 0.4) is 0 Å². The molecule has 0 aliphatic rings. The molecule has 0 radical (unpaired) electrons. The first-order chi connectivity index (χ1) is 5.43. The van der Waals surface area contributed by atoms with Gasteiger partial charge in [0.25, 0.3) is 0 Å². The highest BCUT2D eigenvalue weighted by Gasteiger charge is 2.04. The second-order valence-electron chi connectivity index (χ2n) is 4.15. The van der Waals surface area contributed by atoms with E-state index >= 15 is 0 Å². The third-order valence-corrected chi connectivity index (χ3v) is 1.69. The Kier molecular flexibility index (Phi) is 4.87. The van der Waals surface area contributed by atoms with E-state index in [9.17, 15) is 4.79 Å². The van der Waals surface area contributed by atoms with Crippen LogP contribution in [0.2, 0.25) is 0 Å². The number of carbonyl (C=O) groups is 1. The molecule has 0 heterocycles. The van der Waals surface area contributed by atoms with Crippen LogP contribution in [-0.4, -0.2) is 5.78 Å². The van der Waals surface area contributed by atoms with Crippen molar-refractivity contribution in [2.75, 3.05) is 0 Å². The second kappa shape index (κ2) is 5.13. The fraction of sp³-hybridized carbons (Fsp3) is 0.727. The molecule has 0 N–H and O–H groups in total. The Morgan fingerprint density at radius 2 is 1.75 bits per heavy atom. The highest BCUT2D eigenvalue weighted by atomic mass is 16.1. The van der Waals surface area contributed by atoms with Crippen LogP contribution >= 0.6 is 0 Å². The molecular formula is C11H20O. The molecule has 0 aromatic heterocycles. The van der Waals surface area contributed by atoms with E-state index in [2.05, 4.69) is 13.8 Å². The molecule has 0 aromatic rings. The van der Waals surface area contributed by atoms with Crippen LogP contribution < -0.4 is 0 Å². The van der Waals surface area contributed by atoms with E-state index in [0.717, 1.165) is 6.42 Å². The lowest BCUT2D eigenvalue weighted by Gasteiger charge is -2.05. The lowest BCUT2D eigenvalue weighted by Crippen LogP contribution is -2.04.